The molecule has 8 aromatic rings. The Labute approximate surface area is 297 Å². The summed E-state index contributed by atoms with van der Waals surface area (Å²) in [5.74, 6) is 1.89. The molecular weight excluding hydrogens is 621 g/mol. The van der Waals surface area contributed by atoms with Crippen molar-refractivity contribution in [3.8, 4) is 56.4 Å². The fourth-order valence-corrected chi connectivity index (χ4v) is 7.50. The third-order valence-corrected chi connectivity index (χ3v) is 9.82. The van der Waals surface area contributed by atoms with Crippen LogP contribution in [0.25, 0.3) is 61.3 Å². The zero-order chi connectivity index (χ0) is 34.2. The second kappa shape index (κ2) is 12.5. The topological polar surface area (TPSA) is 43.0 Å². The Hall–Kier alpha value is -6.96. The lowest BCUT2D eigenvalue weighted by Crippen LogP contribution is -2.28. The van der Waals surface area contributed by atoms with Gasteiger partial charge >= 0.3 is 0 Å². The maximum absolute atomic E-state index is 7.88. The summed E-state index contributed by atoms with van der Waals surface area (Å²) in [7, 11) is 0. The molecule has 0 saturated heterocycles. The van der Waals surface area contributed by atoms with Crippen LogP contribution in [0.3, 0.4) is 0 Å². The largest absolute Gasteiger partial charge is 0.238 e. The molecule has 7 aromatic carbocycles. The number of benzene rings is 7. The summed E-state index contributed by atoms with van der Waals surface area (Å²) >= 11 is 0. The SMILES string of the molecule is [C-]#[N+]c1ccc2c(c1)C(c1ccccc1)(c1ccccc1)c1cc(-c3cccc(-c4nc(-c5ccccc5)nc(-c5ccccc5)n4)c3)ccc1-2. The second-order valence-electron chi connectivity index (χ2n) is 12.7. The summed E-state index contributed by atoms with van der Waals surface area (Å²) in [5.41, 5.74) is 11.9. The van der Waals surface area contributed by atoms with Gasteiger partial charge in [0.1, 0.15) is 0 Å². The molecule has 4 heteroatoms. The Morgan fingerprint density at radius 3 is 1.35 bits per heavy atom. The summed E-state index contributed by atoms with van der Waals surface area (Å²) in [5, 5.41) is 0. The lowest BCUT2D eigenvalue weighted by atomic mass is 9.67. The van der Waals surface area contributed by atoms with Crippen molar-refractivity contribution in [3.05, 3.63) is 216 Å². The number of fused-ring (bicyclic) bond motifs is 3. The molecule has 4 nitrogen and oxygen atoms in total. The molecule has 51 heavy (non-hydrogen) atoms. The predicted molar refractivity (Wildman–Crippen MR) is 205 cm³/mol. The van der Waals surface area contributed by atoms with Crippen LogP contribution in [0.2, 0.25) is 0 Å². The molecule has 0 fully saturated rings. The minimum atomic E-state index is -0.606. The average Bonchev–Trinajstić information content (AvgIpc) is 3.51. The molecule has 0 spiro atoms. The minimum absolute atomic E-state index is 0.606. The van der Waals surface area contributed by atoms with Crippen LogP contribution in [0.5, 0.6) is 0 Å². The molecule has 0 amide bonds. The van der Waals surface area contributed by atoms with Crippen molar-refractivity contribution in [2.24, 2.45) is 0 Å². The summed E-state index contributed by atoms with van der Waals surface area (Å²) in [6.07, 6.45) is 0. The Morgan fingerprint density at radius 2 is 0.804 bits per heavy atom. The van der Waals surface area contributed by atoms with Gasteiger partial charge in [0.15, 0.2) is 23.2 Å². The molecule has 238 valence electrons. The highest BCUT2D eigenvalue weighted by atomic mass is 15.0. The summed E-state index contributed by atoms with van der Waals surface area (Å²) in [6.45, 7) is 7.88. The van der Waals surface area contributed by atoms with Gasteiger partial charge in [0, 0.05) is 16.7 Å². The van der Waals surface area contributed by atoms with Crippen LogP contribution in [-0.2, 0) is 5.41 Å². The monoisotopic (exact) mass is 650 g/mol. The molecule has 0 saturated carbocycles. The molecular formula is C47H30N4. The van der Waals surface area contributed by atoms with Gasteiger partial charge in [0.2, 0.25) is 0 Å². The predicted octanol–water partition coefficient (Wildman–Crippen LogP) is 11.5. The van der Waals surface area contributed by atoms with Gasteiger partial charge in [-0.25, -0.2) is 19.8 Å². The van der Waals surface area contributed by atoms with E-state index in [2.05, 4.69) is 120 Å². The van der Waals surface area contributed by atoms with E-state index in [9.17, 15) is 0 Å². The zero-order valence-corrected chi connectivity index (χ0v) is 27.6. The Bertz CT molecular complexity index is 2480. The highest BCUT2D eigenvalue weighted by Crippen LogP contribution is 2.57. The molecule has 0 atom stereocenters. The van der Waals surface area contributed by atoms with Gasteiger partial charge in [0.25, 0.3) is 0 Å². The van der Waals surface area contributed by atoms with Crippen molar-refractivity contribution in [2.45, 2.75) is 5.41 Å². The lowest BCUT2D eigenvalue weighted by molar-refractivity contribution is 0.769. The molecule has 1 aliphatic carbocycles. The Kier molecular flexibility index (Phi) is 7.38. The van der Waals surface area contributed by atoms with E-state index in [1.54, 1.807) is 0 Å². The van der Waals surface area contributed by atoms with Crippen LogP contribution in [0.4, 0.5) is 5.69 Å². The van der Waals surface area contributed by atoms with E-state index >= 15 is 0 Å². The fourth-order valence-electron chi connectivity index (χ4n) is 7.50. The van der Waals surface area contributed by atoms with Crippen LogP contribution in [0.15, 0.2) is 182 Å². The molecule has 9 rings (SSSR count). The summed E-state index contributed by atoms with van der Waals surface area (Å²) < 4.78 is 0. The van der Waals surface area contributed by atoms with Gasteiger partial charge in [-0.05, 0) is 56.6 Å². The van der Waals surface area contributed by atoms with Gasteiger partial charge in [-0.3, -0.25) is 0 Å². The second-order valence-corrected chi connectivity index (χ2v) is 12.7. The quantitative estimate of drug-likeness (QED) is 0.168. The highest BCUT2D eigenvalue weighted by molar-refractivity contribution is 5.90. The lowest BCUT2D eigenvalue weighted by Gasteiger charge is -2.34. The van der Waals surface area contributed by atoms with E-state index in [1.807, 2.05) is 66.7 Å². The van der Waals surface area contributed by atoms with E-state index in [4.69, 9.17) is 21.5 Å². The van der Waals surface area contributed by atoms with Crippen LogP contribution >= 0.6 is 0 Å². The van der Waals surface area contributed by atoms with E-state index < -0.39 is 5.41 Å². The first-order valence-electron chi connectivity index (χ1n) is 17.0. The number of rotatable bonds is 6. The zero-order valence-electron chi connectivity index (χ0n) is 27.6. The summed E-state index contributed by atoms with van der Waals surface area (Å²) in [6, 6.07) is 62.8. The van der Waals surface area contributed by atoms with E-state index in [0.717, 1.165) is 50.1 Å². The van der Waals surface area contributed by atoms with Gasteiger partial charge in [0.05, 0.1) is 12.0 Å². The fraction of sp³-hybridized carbons (Fsp3) is 0.0213. The van der Waals surface area contributed by atoms with Crippen molar-refractivity contribution < 1.29 is 0 Å². The molecule has 1 aromatic heterocycles. The maximum Gasteiger partial charge on any atom is 0.187 e. The van der Waals surface area contributed by atoms with E-state index in [-0.39, 0.29) is 0 Å². The van der Waals surface area contributed by atoms with Crippen molar-refractivity contribution >= 4 is 5.69 Å². The molecule has 0 radical (unpaired) electrons. The molecule has 0 bridgehead atoms. The first kappa shape index (κ1) is 30.1. The first-order chi connectivity index (χ1) is 25.2. The van der Waals surface area contributed by atoms with Crippen molar-refractivity contribution in [1.82, 2.24) is 15.0 Å². The van der Waals surface area contributed by atoms with Gasteiger partial charge in [-0.2, -0.15) is 0 Å². The number of aromatic nitrogens is 3. The summed E-state index contributed by atoms with van der Waals surface area (Å²) in [4.78, 5) is 18.7. The normalized spacial score (nSPS) is 12.5. The van der Waals surface area contributed by atoms with Crippen molar-refractivity contribution in [3.63, 3.8) is 0 Å². The maximum atomic E-state index is 7.88. The van der Waals surface area contributed by atoms with Crippen LogP contribution < -0.4 is 0 Å². The minimum Gasteiger partial charge on any atom is -0.238 e. The van der Waals surface area contributed by atoms with Crippen molar-refractivity contribution in [1.29, 1.82) is 0 Å². The number of hydrogen-bond acceptors (Lipinski definition) is 3. The molecule has 1 heterocycles. The first-order valence-corrected chi connectivity index (χ1v) is 17.0. The van der Waals surface area contributed by atoms with Crippen LogP contribution in [0, 0.1) is 6.57 Å². The Morgan fingerprint density at radius 1 is 0.373 bits per heavy atom. The number of nitrogens with zero attached hydrogens (tertiary/aromatic N) is 4. The van der Waals surface area contributed by atoms with Gasteiger partial charge in [-0.15, -0.1) is 0 Å². The third-order valence-electron chi connectivity index (χ3n) is 9.82. The van der Waals surface area contributed by atoms with Crippen LogP contribution in [0.1, 0.15) is 22.3 Å². The van der Waals surface area contributed by atoms with E-state index in [1.165, 1.54) is 11.1 Å². The van der Waals surface area contributed by atoms with Gasteiger partial charge in [-0.1, -0.05) is 170 Å². The smallest absolute Gasteiger partial charge is 0.187 e. The van der Waals surface area contributed by atoms with E-state index in [0.29, 0.717) is 23.2 Å². The molecule has 0 aliphatic heterocycles. The van der Waals surface area contributed by atoms with Crippen molar-refractivity contribution in [2.75, 3.05) is 0 Å². The number of hydrogen-bond donors (Lipinski definition) is 0. The Balaban J connectivity index is 1.23. The molecule has 0 N–H and O–H groups in total. The molecule has 0 unspecified atom stereocenters. The highest BCUT2D eigenvalue weighted by Gasteiger charge is 2.46. The van der Waals surface area contributed by atoms with Crippen LogP contribution in [-0.4, -0.2) is 15.0 Å². The third kappa shape index (κ3) is 5.12. The molecule has 1 aliphatic rings. The van der Waals surface area contributed by atoms with Gasteiger partial charge < -0.3 is 0 Å². The standard InChI is InChI=1S/C47H30N4/c1-48-39-26-28-41-40-27-25-35(30-42(40)47(43(41)31-39,37-21-10-4-11-22-37)38-23-12-5-13-24-38)34-19-14-20-36(29-34)46-50-44(32-15-6-2-7-16-32)49-45(51-46)33-17-8-3-9-18-33/h2-31H. The average molecular weight is 651 g/mol.